The van der Waals surface area contributed by atoms with Crippen molar-refractivity contribution < 1.29 is 9.59 Å². The largest absolute Gasteiger partial charge is 0.311 e. The number of anilines is 2. The molecule has 2 aromatic rings. The van der Waals surface area contributed by atoms with Crippen molar-refractivity contribution in [2.24, 2.45) is 5.92 Å². The number of hydrogen-bond acceptors (Lipinski definition) is 6. The highest BCUT2D eigenvalue weighted by Crippen LogP contribution is 2.31. The summed E-state index contributed by atoms with van der Waals surface area (Å²) in [5.74, 6) is -0.577. The van der Waals surface area contributed by atoms with Crippen molar-refractivity contribution in [3.05, 3.63) is 29.8 Å². The second kappa shape index (κ2) is 8.18. The topological polar surface area (TPSA) is 75.2 Å². The lowest BCUT2D eigenvalue weighted by Gasteiger charge is -2.18. The van der Waals surface area contributed by atoms with Crippen LogP contribution < -0.4 is 10.2 Å². The summed E-state index contributed by atoms with van der Waals surface area (Å²) in [6.45, 7) is 6.61. The summed E-state index contributed by atoms with van der Waals surface area (Å²) in [4.78, 5) is 26.6. The normalized spacial score (nSPS) is 18.2. The van der Waals surface area contributed by atoms with Crippen LogP contribution in [0, 0.1) is 12.8 Å². The summed E-state index contributed by atoms with van der Waals surface area (Å²) in [5, 5.41) is 11.9. The number of rotatable bonds is 6. The number of aryl methyl sites for hydroxylation is 1. The predicted molar refractivity (Wildman–Crippen MR) is 106 cm³/mol. The molecule has 8 heteroatoms. The Hall–Kier alpha value is -1.93. The molecule has 0 radical (unpaired) electrons. The van der Waals surface area contributed by atoms with Gasteiger partial charge < -0.3 is 10.2 Å². The minimum Gasteiger partial charge on any atom is -0.311 e. The Kier molecular flexibility index (Phi) is 5.93. The van der Waals surface area contributed by atoms with E-state index in [0.29, 0.717) is 16.9 Å². The molecular formula is C18H22N4O2S2. The molecule has 1 aliphatic heterocycles. The summed E-state index contributed by atoms with van der Waals surface area (Å²) in [6, 6.07) is 7.72. The van der Waals surface area contributed by atoms with Gasteiger partial charge in [0.15, 0.2) is 4.34 Å². The second-order valence-electron chi connectivity index (χ2n) is 6.39. The molecule has 1 fully saturated rings. The number of carbonyl (C=O) groups excluding carboxylic acids is 2. The van der Waals surface area contributed by atoms with Crippen LogP contribution in [0.2, 0.25) is 0 Å². The molecule has 0 spiro atoms. The van der Waals surface area contributed by atoms with Gasteiger partial charge in [-0.05, 0) is 25.0 Å². The highest BCUT2D eigenvalue weighted by atomic mass is 32.2. The summed E-state index contributed by atoms with van der Waals surface area (Å²) in [5.41, 5.74) is 1.90. The predicted octanol–water partition coefficient (Wildman–Crippen LogP) is 3.73. The molecule has 3 rings (SSSR count). The van der Waals surface area contributed by atoms with Gasteiger partial charge in [0.25, 0.3) is 0 Å². The van der Waals surface area contributed by atoms with E-state index >= 15 is 0 Å². The van der Waals surface area contributed by atoms with Gasteiger partial charge in [-0.2, -0.15) is 0 Å². The summed E-state index contributed by atoms with van der Waals surface area (Å²) in [7, 11) is 0. The zero-order valence-corrected chi connectivity index (χ0v) is 16.7. The van der Waals surface area contributed by atoms with Gasteiger partial charge in [-0.25, -0.2) is 0 Å². The van der Waals surface area contributed by atoms with Crippen LogP contribution in [0.4, 0.5) is 10.8 Å². The monoisotopic (exact) mass is 390 g/mol. The summed E-state index contributed by atoms with van der Waals surface area (Å²) < 4.78 is 0.846. The Balaban J connectivity index is 1.63. The van der Waals surface area contributed by atoms with Gasteiger partial charge in [-0.15, -0.1) is 10.2 Å². The van der Waals surface area contributed by atoms with E-state index in [9.17, 15) is 9.59 Å². The Bertz CT molecular complexity index is 808. The lowest BCUT2D eigenvalue weighted by Crippen LogP contribution is -2.28. The number of nitrogens with zero attached hydrogens (tertiary/aromatic N) is 3. The highest BCUT2D eigenvalue weighted by molar-refractivity contribution is 8.01. The van der Waals surface area contributed by atoms with Crippen LogP contribution in [-0.2, 0) is 9.59 Å². The van der Waals surface area contributed by atoms with E-state index in [1.54, 1.807) is 16.7 Å². The van der Waals surface area contributed by atoms with Gasteiger partial charge in [0, 0.05) is 23.9 Å². The number of amides is 2. The van der Waals surface area contributed by atoms with Crippen molar-refractivity contribution in [2.75, 3.05) is 16.8 Å². The standard InChI is InChI=1S/C18H22N4O2S2/c1-4-12(3)25-18-21-20-17(26-18)19-16(24)13-9-15(23)22(10-13)14-8-6-5-7-11(14)2/h5-8,12-13H,4,9-10H2,1-3H3,(H,19,20,24). The van der Waals surface area contributed by atoms with E-state index in [1.165, 1.54) is 11.3 Å². The first-order valence-corrected chi connectivity index (χ1v) is 10.3. The molecule has 2 heterocycles. The Labute approximate surface area is 161 Å². The molecule has 2 atom stereocenters. The third-order valence-electron chi connectivity index (χ3n) is 4.42. The van der Waals surface area contributed by atoms with E-state index in [-0.39, 0.29) is 24.2 Å². The fourth-order valence-corrected chi connectivity index (χ4v) is 4.75. The molecule has 1 aromatic heterocycles. The van der Waals surface area contributed by atoms with Crippen molar-refractivity contribution in [1.29, 1.82) is 0 Å². The first kappa shape index (κ1) is 18.8. The first-order valence-electron chi connectivity index (χ1n) is 8.65. The number of carbonyl (C=O) groups is 2. The molecule has 0 bridgehead atoms. The maximum absolute atomic E-state index is 12.6. The van der Waals surface area contributed by atoms with Crippen LogP contribution in [0.3, 0.4) is 0 Å². The van der Waals surface area contributed by atoms with Crippen LogP contribution in [0.25, 0.3) is 0 Å². The number of para-hydroxylation sites is 1. The zero-order valence-electron chi connectivity index (χ0n) is 15.1. The minimum absolute atomic E-state index is 0.0234. The van der Waals surface area contributed by atoms with Crippen molar-refractivity contribution in [1.82, 2.24) is 10.2 Å². The second-order valence-corrected chi connectivity index (χ2v) is 9.05. The summed E-state index contributed by atoms with van der Waals surface area (Å²) in [6.07, 6.45) is 1.26. The van der Waals surface area contributed by atoms with Crippen molar-refractivity contribution in [3.8, 4) is 0 Å². The molecule has 0 aliphatic carbocycles. The van der Waals surface area contributed by atoms with Gasteiger partial charge in [0.2, 0.25) is 16.9 Å². The van der Waals surface area contributed by atoms with Crippen LogP contribution in [0.15, 0.2) is 28.6 Å². The molecular weight excluding hydrogens is 368 g/mol. The highest BCUT2D eigenvalue weighted by Gasteiger charge is 2.36. The quantitative estimate of drug-likeness (QED) is 0.601. The zero-order chi connectivity index (χ0) is 18.7. The van der Waals surface area contributed by atoms with Crippen molar-refractivity contribution in [2.45, 2.75) is 43.2 Å². The minimum atomic E-state index is -0.378. The van der Waals surface area contributed by atoms with E-state index in [0.717, 1.165) is 22.0 Å². The van der Waals surface area contributed by atoms with E-state index in [1.807, 2.05) is 31.2 Å². The van der Waals surface area contributed by atoms with Gasteiger partial charge in [-0.3, -0.25) is 9.59 Å². The number of aromatic nitrogens is 2. The fourth-order valence-electron chi connectivity index (χ4n) is 2.75. The third kappa shape index (κ3) is 4.24. The maximum atomic E-state index is 12.6. The van der Waals surface area contributed by atoms with Crippen LogP contribution in [-0.4, -0.2) is 33.8 Å². The molecule has 1 N–H and O–H groups in total. The average Bonchev–Trinajstić information content (AvgIpc) is 3.22. The maximum Gasteiger partial charge on any atom is 0.231 e. The molecule has 0 saturated carbocycles. The SMILES string of the molecule is CCC(C)Sc1nnc(NC(=O)C2CC(=O)N(c3ccccc3C)C2)s1. The number of benzene rings is 1. The first-order chi connectivity index (χ1) is 12.5. The molecule has 1 aliphatic rings. The number of nitrogens with one attached hydrogen (secondary N) is 1. The molecule has 6 nitrogen and oxygen atoms in total. The number of hydrogen-bond donors (Lipinski definition) is 1. The summed E-state index contributed by atoms with van der Waals surface area (Å²) >= 11 is 3.03. The lowest BCUT2D eigenvalue weighted by molar-refractivity contribution is -0.122. The molecule has 2 unspecified atom stereocenters. The molecule has 138 valence electrons. The molecule has 2 amide bonds. The van der Waals surface area contributed by atoms with Gasteiger partial charge in [-0.1, -0.05) is 55.1 Å². The van der Waals surface area contributed by atoms with Crippen molar-refractivity contribution >= 4 is 45.7 Å². The Morgan fingerprint density at radius 2 is 2.19 bits per heavy atom. The smallest absolute Gasteiger partial charge is 0.231 e. The number of thioether (sulfide) groups is 1. The van der Waals surface area contributed by atoms with E-state index < -0.39 is 0 Å². The lowest BCUT2D eigenvalue weighted by atomic mass is 10.1. The van der Waals surface area contributed by atoms with Gasteiger partial charge >= 0.3 is 0 Å². The van der Waals surface area contributed by atoms with Gasteiger partial charge in [0.1, 0.15) is 0 Å². The van der Waals surface area contributed by atoms with Gasteiger partial charge in [0.05, 0.1) is 5.92 Å². The van der Waals surface area contributed by atoms with Crippen LogP contribution >= 0.6 is 23.1 Å². The third-order valence-corrected chi connectivity index (χ3v) is 6.61. The van der Waals surface area contributed by atoms with Crippen molar-refractivity contribution in [3.63, 3.8) is 0 Å². The van der Waals surface area contributed by atoms with E-state index in [2.05, 4.69) is 29.4 Å². The fraction of sp³-hybridized carbons (Fsp3) is 0.444. The Morgan fingerprint density at radius 1 is 1.42 bits per heavy atom. The average molecular weight is 391 g/mol. The molecule has 1 aromatic carbocycles. The van der Waals surface area contributed by atoms with Crippen LogP contribution in [0.1, 0.15) is 32.3 Å². The van der Waals surface area contributed by atoms with E-state index in [4.69, 9.17) is 0 Å². The molecule has 26 heavy (non-hydrogen) atoms. The Morgan fingerprint density at radius 3 is 2.92 bits per heavy atom. The molecule has 1 saturated heterocycles. The van der Waals surface area contributed by atoms with Crippen LogP contribution in [0.5, 0.6) is 0 Å².